The van der Waals surface area contributed by atoms with Crippen molar-refractivity contribution < 1.29 is 22.7 Å². The van der Waals surface area contributed by atoms with Gasteiger partial charge in [-0.15, -0.1) is 0 Å². The SMILES string of the molecule is Cn1cc(CCS(=O)(=O)c2cc(C(=O)O)ccc2F)cn1. The molecule has 6 nitrogen and oxygen atoms in total. The molecule has 1 aromatic carbocycles. The molecule has 2 rings (SSSR count). The van der Waals surface area contributed by atoms with E-state index in [1.807, 2.05) is 0 Å². The lowest BCUT2D eigenvalue weighted by atomic mass is 10.2. The van der Waals surface area contributed by atoms with Crippen molar-refractivity contribution in [2.24, 2.45) is 7.05 Å². The lowest BCUT2D eigenvalue weighted by molar-refractivity contribution is 0.0696. The predicted octanol–water partition coefficient (Wildman–Crippen LogP) is 1.27. The highest BCUT2D eigenvalue weighted by atomic mass is 32.2. The van der Waals surface area contributed by atoms with E-state index >= 15 is 0 Å². The molecule has 0 saturated carbocycles. The highest BCUT2D eigenvalue weighted by Crippen LogP contribution is 2.19. The summed E-state index contributed by atoms with van der Waals surface area (Å²) >= 11 is 0. The van der Waals surface area contributed by atoms with E-state index < -0.39 is 26.5 Å². The van der Waals surface area contributed by atoms with Gasteiger partial charge in [0, 0.05) is 13.2 Å². The largest absolute Gasteiger partial charge is 0.478 e. The molecular formula is C13H13FN2O4S. The summed E-state index contributed by atoms with van der Waals surface area (Å²) in [5.41, 5.74) is 0.437. The third kappa shape index (κ3) is 3.46. The zero-order valence-electron chi connectivity index (χ0n) is 11.2. The molecular weight excluding hydrogens is 299 g/mol. The van der Waals surface area contributed by atoms with Gasteiger partial charge in [-0.2, -0.15) is 5.10 Å². The van der Waals surface area contributed by atoms with Crippen molar-refractivity contribution in [3.05, 3.63) is 47.5 Å². The molecule has 0 radical (unpaired) electrons. The minimum Gasteiger partial charge on any atom is -0.478 e. The summed E-state index contributed by atoms with van der Waals surface area (Å²) in [4.78, 5) is 10.3. The number of aromatic carboxylic acids is 1. The van der Waals surface area contributed by atoms with Gasteiger partial charge in [0.1, 0.15) is 10.7 Å². The molecule has 0 bridgehead atoms. The van der Waals surface area contributed by atoms with E-state index in [0.717, 1.165) is 18.2 Å². The molecule has 0 saturated heterocycles. The molecule has 0 fully saturated rings. The summed E-state index contributed by atoms with van der Waals surface area (Å²) in [5, 5.41) is 12.8. The van der Waals surface area contributed by atoms with Crippen LogP contribution in [0.4, 0.5) is 4.39 Å². The Hall–Kier alpha value is -2.22. The van der Waals surface area contributed by atoms with Crippen LogP contribution in [0.15, 0.2) is 35.5 Å². The molecule has 1 aromatic heterocycles. The van der Waals surface area contributed by atoms with Gasteiger partial charge in [0.25, 0.3) is 0 Å². The number of aromatic nitrogens is 2. The number of hydrogen-bond acceptors (Lipinski definition) is 4. The minimum atomic E-state index is -3.91. The van der Waals surface area contributed by atoms with Crippen LogP contribution in [0.5, 0.6) is 0 Å². The standard InChI is InChI=1S/C13H13FN2O4S/c1-16-8-9(7-15-16)4-5-21(19,20)12-6-10(13(17)18)2-3-11(12)14/h2-3,6-8H,4-5H2,1H3,(H,17,18). The Bertz CT molecular complexity index is 783. The summed E-state index contributed by atoms with van der Waals surface area (Å²) < 4.78 is 39.5. The average Bonchev–Trinajstić information content (AvgIpc) is 2.82. The summed E-state index contributed by atoms with van der Waals surface area (Å²) in [6.07, 6.45) is 3.37. The van der Waals surface area contributed by atoms with E-state index in [1.165, 1.54) is 10.9 Å². The second kappa shape index (κ2) is 5.65. The molecule has 0 aliphatic carbocycles. The number of hydrogen-bond donors (Lipinski definition) is 1. The van der Waals surface area contributed by atoms with Crippen LogP contribution in [0.25, 0.3) is 0 Å². The van der Waals surface area contributed by atoms with Crippen LogP contribution < -0.4 is 0 Å². The van der Waals surface area contributed by atoms with Crippen LogP contribution in [-0.4, -0.2) is 35.0 Å². The lowest BCUT2D eigenvalue weighted by Crippen LogP contribution is -2.12. The predicted molar refractivity (Wildman–Crippen MR) is 72.3 cm³/mol. The molecule has 0 amide bonds. The van der Waals surface area contributed by atoms with E-state index in [-0.39, 0.29) is 17.7 Å². The van der Waals surface area contributed by atoms with Crippen molar-refractivity contribution in [2.75, 3.05) is 5.75 Å². The second-order valence-corrected chi connectivity index (χ2v) is 6.62. The number of aryl methyl sites for hydroxylation is 2. The van der Waals surface area contributed by atoms with Crippen LogP contribution in [0.1, 0.15) is 15.9 Å². The zero-order valence-corrected chi connectivity index (χ0v) is 12.0. The Balaban J connectivity index is 2.26. The molecule has 0 atom stereocenters. The van der Waals surface area contributed by atoms with Crippen molar-refractivity contribution in [1.29, 1.82) is 0 Å². The average molecular weight is 312 g/mol. The lowest BCUT2D eigenvalue weighted by Gasteiger charge is -2.06. The molecule has 2 aromatic rings. The van der Waals surface area contributed by atoms with Gasteiger partial charge in [-0.3, -0.25) is 4.68 Å². The number of rotatable bonds is 5. The third-order valence-electron chi connectivity index (χ3n) is 2.93. The number of sulfone groups is 1. The maximum atomic E-state index is 13.7. The van der Waals surface area contributed by atoms with Crippen molar-refractivity contribution in [3.63, 3.8) is 0 Å². The maximum absolute atomic E-state index is 13.7. The molecule has 1 heterocycles. The van der Waals surface area contributed by atoms with E-state index in [1.54, 1.807) is 13.2 Å². The number of carbonyl (C=O) groups is 1. The number of benzene rings is 1. The Morgan fingerprint density at radius 2 is 2.14 bits per heavy atom. The quantitative estimate of drug-likeness (QED) is 0.898. The van der Waals surface area contributed by atoms with Gasteiger partial charge in [-0.25, -0.2) is 17.6 Å². The Labute approximate surface area is 120 Å². The molecule has 0 unspecified atom stereocenters. The van der Waals surface area contributed by atoms with Gasteiger partial charge in [0.2, 0.25) is 0 Å². The minimum absolute atomic E-state index is 0.174. The monoisotopic (exact) mass is 312 g/mol. The fourth-order valence-electron chi connectivity index (χ4n) is 1.84. The Kier molecular flexibility index (Phi) is 4.08. The topological polar surface area (TPSA) is 89.3 Å². The second-order valence-electron chi connectivity index (χ2n) is 4.54. The number of nitrogens with zero attached hydrogens (tertiary/aromatic N) is 2. The fourth-order valence-corrected chi connectivity index (χ4v) is 3.23. The third-order valence-corrected chi connectivity index (χ3v) is 4.66. The molecule has 0 aliphatic rings. The number of carboxylic acids is 1. The number of halogens is 1. The normalized spacial score (nSPS) is 11.5. The van der Waals surface area contributed by atoms with Crippen LogP contribution in [0.3, 0.4) is 0 Å². The molecule has 0 spiro atoms. The van der Waals surface area contributed by atoms with E-state index in [9.17, 15) is 17.6 Å². The highest BCUT2D eigenvalue weighted by Gasteiger charge is 2.21. The Morgan fingerprint density at radius 1 is 1.43 bits per heavy atom. The first kappa shape index (κ1) is 15.2. The first-order valence-corrected chi connectivity index (χ1v) is 7.68. The smallest absolute Gasteiger partial charge is 0.335 e. The van der Waals surface area contributed by atoms with Gasteiger partial charge in [-0.05, 0) is 30.2 Å². The summed E-state index contributed by atoms with van der Waals surface area (Å²) in [6.45, 7) is 0. The van der Waals surface area contributed by atoms with Crippen LogP contribution >= 0.6 is 0 Å². The zero-order chi connectivity index (χ0) is 15.6. The van der Waals surface area contributed by atoms with Crippen molar-refractivity contribution in [3.8, 4) is 0 Å². The molecule has 112 valence electrons. The van der Waals surface area contributed by atoms with Crippen molar-refractivity contribution in [1.82, 2.24) is 9.78 Å². The van der Waals surface area contributed by atoms with Crippen molar-refractivity contribution in [2.45, 2.75) is 11.3 Å². The fraction of sp³-hybridized carbons (Fsp3) is 0.231. The molecule has 1 N–H and O–H groups in total. The van der Waals surface area contributed by atoms with Crippen LogP contribution in [0.2, 0.25) is 0 Å². The first-order chi connectivity index (χ1) is 9.79. The maximum Gasteiger partial charge on any atom is 0.335 e. The van der Waals surface area contributed by atoms with E-state index in [2.05, 4.69) is 5.10 Å². The highest BCUT2D eigenvalue weighted by molar-refractivity contribution is 7.91. The van der Waals surface area contributed by atoms with E-state index in [4.69, 9.17) is 5.11 Å². The van der Waals surface area contributed by atoms with Crippen molar-refractivity contribution >= 4 is 15.8 Å². The van der Waals surface area contributed by atoms with Gasteiger partial charge in [-0.1, -0.05) is 0 Å². The van der Waals surface area contributed by atoms with Gasteiger partial charge in [0.15, 0.2) is 9.84 Å². The molecule has 0 aliphatic heterocycles. The molecule has 8 heteroatoms. The molecule has 21 heavy (non-hydrogen) atoms. The summed E-state index contributed by atoms with van der Waals surface area (Å²) in [7, 11) is -2.21. The van der Waals surface area contributed by atoms with Gasteiger partial charge in [0.05, 0.1) is 17.5 Å². The van der Waals surface area contributed by atoms with Gasteiger partial charge < -0.3 is 5.11 Å². The summed E-state index contributed by atoms with van der Waals surface area (Å²) in [6, 6.07) is 2.72. The van der Waals surface area contributed by atoms with Gasteiger partial charge >= 0.3 is 5.97 Å². The summed E-state index contributed by atoms with van der Waals surface area (Å²) in [5.74, 6) is -2.58. The van der Waals surface area contributed by atoms with Crippen LogP contribution in [0, 0.1) is 5.82 Å². The van der Waals surface area contributed by atoms with E-state index in [0.29, 0.717) is 5.56 Å². The van der Waals surface area contributed by atoms with Crippen LogP contribution in [-0.2, 0) is 23.3 Å². The Morgan fingerprint density at radius 3 is 2.71 bits per heavy atom. The first-order valence-electron chi connectivity index (χ1n) is 6.03. The number of carboxylic acid groups (broad SMARTS) is 1.